The molecule has 0 radical (unpaired) electrons. The maximum Gasteiger partial charge on any atom is 0.254 e. The molecule has 0 bridgehead atoms. The molecule has 0 aromatic carbocycles. The number of hydrogen-bond acceptors (Lipinski definition) is 2. The molecule has 0 N–H and O–H groups in total. The molecule has 0 atom stereocenters. The molecule has 1 aromatic rings. The number of rotatable bonds is 3. The highest BCUT2D eigenvalue weighted by Gasteiger charge is 2.30. The van der Waals surface area contributed by atoms with E-state index in [1.807, 2.05) is 20.0 Å². The van der Waals surface area contributed by atoms with Crippen molar-refractivity contribution in [2.45, 2.75) is 32.2 Å². The first-order valence-electron chi connectivity index (χ1n) is 5.55. The first-order chi connectivity index (χ1) is 7.61. The molecule has 16 heavy (non-hydrogen) atoms. The quantitative estimate of drug-likeness (QED) is 0.759. The number of aryl methyl sites for hydroxylation is 1. The minimum Gasteiger partial charge on any atom is -0.339 e. The van der Waals surface area contributed by atoms with Gasteiger partial charge in [-0.1, -0.05) is 18.5 Å². The van der Waals surface area contributed by atoms with E-state index in [0.29, 0.717) is 16.8 Å². The van der Waals surface area contributed by atoms with Crippen LogP contribution in [0.3, 0.4) is 0 Å². The van der Waals surface area contributed by atoms with Crippen molar-refractivity contribution in [1.29, 1.82) is 0 Å². The van der Waals surface area contributed by atoms with Crippen molar-refractivity contribution in [2.24, 2.45) is 0 Å². The van der Waals surface area contributed by atoms with E-state index >= 15 is 0 Å². The van der Waals surface area contributed by atoms with Crippen molar-refractivity contribution in [2.75, 3.05) is 7.05 Å². The summed E-state index contributed by atoms with van der Waals surface area (Å²) in [5.74, 6) is 0.0431. The average molecular weight is 239 g/mol. The lowest BCUT2D eigenvalue weighted by Gasteiger charge is -2.16. The van der Waals surface area contributed by atoms with E-state index in [4.69, 9.17) is 11.6 Å². The van der Waals surface area contributed by atoms with Gasteiger partial charge in [0.15, 0.2) is 0 Å². The molecule has 2 rings (SSSR count). The van der Waals surface area contributed by atoms with E-state index in [1.54, 1.807) is 11.0 Å². The second-order valence-electron chi connectivity index (χ2n) is 4.17. The van der Waals surface area contributed by atoms with E-state index in [9.17, 15) is 4.79 Å². The SMILES string of the molecule is CCc1cc(C(=O)N(C)C2CC2)cc(Cl)n1. The van der Waals surface area contributed by atoms with Gasteiger partial charge in [-0.3, -0.25) is 4.79 Å². The molecule has 3 nitrogen and oxygen atoms in total. The van der Waals surface area contributed by atoms with Crippen LogP contribution in [0.5, 0.6) is 0 Å². The lowest BCUT2D eigenvalue weighted by atomic mass is 10.2. The average Bonchev–Trinajstić information content (AvgIpc) is 3.10. The standard InChI is InChI=1S/C12H15ClN2O/c1-3-9-6-8(7-11(13)14-9)12(16)15(2)10-4-5-10/h6-7,10H,3-5H2,1-2H3. The summed E-state index contributed by atoms with van der Waals surface area (Å²) in [5.41, 5.74) is 1.51. The Morgan fingerprint density at radius 2 is 2.25 bits per heavy atom. The third-order valence-electron chi connectivity index (χ3n) is 2.87. The summed E-state index contributed by atoms with van der Waals surface area (Å²) in [6.45, 7) is 2.00. The lowest BCUT2D eigenvalue weighted by molar-refractivity contribution is 0.0785. The maximum atomic E-state index is 12.1. The largest absolute Gasteiger partial charge is 0.339 e. The van der Waals surface area contributed by atoms with Gasteiger partial charge in [-0.25, -0.2) is 4.98 Å². The van der Waals surface area contributed by atoms with Crippen LogP contribution in [0, 0.1) is 0 Å². The van der Waals surface area contributed by atoms with Crippen LogP contribution in [0.15, 0.2) is 12.1 Å². The van der Waals surface area contributed by atoms with Crippen LogP contribution in [0.1, 0.15) is 35.8 Å². The Morgan fingerprint density at radius 3 is 2.81 bits per heavy atom. The Labute approximate surface area is 100 Å². The van der Waals surface area contributed by atoms with Gasteiger partial charge in [0, 0.05) is 24.3 Å². The van der Waals surface area contributed by atoms with Crippen molar-refractivity contribution < 1.29 is 4.79 Å². The highest BCUT2D eigenvalue weighted by Crippen LogP contribution is 2.27. The van der Waals surface area contributed by atoms with Crippen LogP contribution < -0.4 is 0 Å². The van der Waals surface area contributed by atoms with E-state index < -0.39 is 0 Å². The number of carbonyl (C=O) groups is 1. The van der Waals surface area contributed by atoms with Crippen molar-refractivity contribution >= 4 is 17.5 Å². The van der Waals surface area contributed by atoms with Gasteiger partial charge in [0.1, 0.15) is 5.15 Å². The van der Waals surface area contributed by atoms with E-state index in [-0.39, 0.29) is 5.91 Å². The van der Waals surface area contributed by atoms with Gasteiger partial charge in [-0.05, 0) is 31.4 Å². The first kappa shape index (κ1) is 11.4. The fourth-order valence-corrected chi connectivity index (χ4v) is 1.91. The summed E-state index contributed by atoms with van der Waals surface area (Å²) in [6, 6.07) is 3.89. The number of hydrogen-bond donors (Lipinski definition) is 0. The molecule has 1 saturated carbocycles. The Hall–Kier alpha value is -1.09. The molecule has 1 amide bonds. The molecular formula is C12H15ClN2O. The second kappa shape index (κ2) is 4.42. The number of carbonyl (C=O) groups excluding carboxylic acids is 1. The van der Waals surface area contributed by atoms with E-state index in [1.165, 1.54) is 0 Å². The Balaban J connectivity index is 2.24. The zero-order chi connectivity index (χ0) is 11.7. The molecule has 4 heteroatoms. The van der Waals surface area contributed by atoms with Crippen molar-refractivity contribution in [3.8, 4) is 0 Å². The first-order valence-corrected chi connectivity index (χ1v) is 5.93. The van der Waals surface area contributed by atoms with Crippen LogP contribution >= 0.6 is 11.6 Å². The molecule has 0 saturated heterocycles. The molecule has 0 aliphatic heterocycles. The van der Waals surface area contributed by atoms with Gasteiger partial charge in [-0.15, -0.1) is 0 Å². The smallest absolute Gasteiger partial charge is 0.254 e. The predicted molar refractivity (Wildman–Crippen MR) is 63.7 cm³/mol. The summed E-state index contributed by atoms with van der Waals surface area (Å²) < 4.78 is 0. The molecule has 1 aliphatic rings. The molecule has 1 aromatic heterocycles. The molecule has 1 aliphatic carbocycles. The Kier molecular flexibility index (Phi) is 3.15. The van der Waals surface area contributed by atoms with Crippen molar-refractivity contribution in [3.63, 3.8) is 0 Å². The topological polar surface area (TPSA) is 33.2 Å². The summed E-state index contributed by atoms with van der Waals surface area (Å²) in [4.78, 5) is 18.0. The highest BCUT2D eigenvalue weighted by atomic mass is 35.5. The van der Waals surface area contributed by atoms with Gasteiger partial charge in [0.05, 0.1) is 0 Å². The van der Waals surface area contributed by atoms with Gasteiger partial charge in [0.25, 0.3) is 5.91 Å². The molecule has 1 fully saturated rings. The predicted octanol–water partition coefficient (Wildman–Crippen LogP) is 2.53. The monoisotopic (exact) mass is 238 g/mol. The van der Waals surface area contributed by atoms with Gasteiger partial charge < -0.3 is 4.90 Å². The van der Waals surface area contributed by atoms with E-state index in [0.717, 1.165) is 25.0 Å². The molecule has 1 heterocycles. The third kappa shape index (κ3) is 2.35. The summed E-state index contributed by atoms with van der Waals surface area (Å²) in [7, 11) is 1.85. The number of nitrogens with zero attached hydrogens (tertiary/aromatic N) is 2. The number of aromatic nitrogens is 1. The number of halogens is 1. The fraction of sp³-hybridized carbons (Fsp3) is 0.500. The molecule has 86 valence electrons. The number of amides is 1. The van der Waals surface area contributed by atoms with Crippen LogP contribution in [-0.2, 0) is 6.42 Å². The fourth-order valence-electron chi connectivity index (χ4n) is 1.69. The zero-order valence-electron chi connectivity index (χ0n) is 9.53. The van der Waals surface area contributed by atoms with E-state index in [2.05, 4.69) is 4.98 Å². The normalized spacial score (nSPS) is 14.9. The van der Waals surface area contributed by atoms with Crippen molar-refractivity contribution in [1.82, 2.24) is 9.88 Å². The molecular weight excluding hydrogens is 224 g/mol. The van der Waals surface area contributed by atoms with Crippen LogP contribution in [0.2, 0.25) is 5.15 Å². The summed E-state index contributed by atoms with van der Waals surface area (Å²) in [6.07, 6.45) is 3.01. The van der Waals surface area contributed by atoms with Crippen LogP contribution in [0.25, 0.3) is 0 Å². The van der Waals surface area contributed by atoms with Crippen LogP contribution in [0.4, 0.5) is 0 Å². The zero-order valence-corrected chi connectivity index (χ0v) is 10.3. The summed E-state index contributed by atoms with van der Waals surface area (Å²) in [5, 5.41) is 0.395. The Morgan fingerprint density at radius 1 is 1.56 bits per heavy atom. The van der Waals surface area contributed by atoms with Gasteiger partial charge in [0.2, 0.25) is 0 Å². The summed E-state index contributed by atoms with van der Waals surface area (Å²) >= 11 is 5.89. The number of pyridine rings is 1. The molecule has 0 unspecified atom stereocenters. The van der Waals surface area contributed by atoms with Gasteiger partial charge in [-0.2, -0.15) is 0 Å². The highest BCUT2D eigenvalue weighted by molar-refractivity contribution is 6.29. The van der Waals surface area contributed by atoms with Crippen molar-refractivity contribution in [3.05, 3.63) is 28.5 Å². The third-order valence-corrected chi connectivity index (χ3v) is 3.06. The minimum atomic E-state index is 0.0431. The maximum absolute atomic E-state index is 12.1. The minimum absolute atomic E-state index is 0.0431. The van der Waals surface area contributed by atoms with Gasteiger partial charge >= 0.3 is 0 Å². The Bertz CT molecular complexity index is 415. The lowest BCUT2D eigenvalue weighted by Crippen LogP contribution is -2.28. The van der Waals surface area contributed by atoms with Crippen LogP contribution in [-0.4, -0.2) is 28.9 Å². The molecule has 0 spiro atoms. The second-order valence-corrected chi connectivity index (χ2v) is 4.56.